The minimum atomic E-state index is -3.46. The second-order valence-corrected chi connectivity index (χ2v) is 9.69. The van der Waals surface area contributed by atoms with Crippen molar-refractivity contribution in [3.8, 4) is 0 Å². The minimum Gasteiger partial charge on any atom is -0.466 e. The average molecular weight is 406 g/mol. The molecule has 3 rings (SSSR count). The van der Waals surface area contributed by atoms with E-state index in [-0.39, 0.29) is 18.1 Å². The predicted octanol–water partition coefficient (Wildman–Crippen LogP) is 4.22. The molecular formula is C22H31NO4S. The van der Waals surface area contributed by atoms with E-state index in [4.69, 9.17) is 4.74 Å². The van der Waals surface area contributed by atoms with Gasteiger partial charge in [0.05, 0.1) is 11.5 Å². The van der Waals surface area contributed by atoms with E-state index in [9.17, 15) is 13.2 Å². The second kappa shape index (κ2) is 9.23. The smallest absolute Gasteiger partial charge is 0.305 e. The van der Waals surface area contributed by atoms with Gasteiger partial charge in [-0.1, -0.05) is 29.8 Å². The Morgan fingerprint density at radius 1 is 1.21 bits per heavy atom. The van der Waals surface area contributed by atoms with Crippen molar-refractivity contribution in [3.05, 3.63) is 42.0 Å². The summed E-state index contributed by atoms with van der Waals surface area (Å²) in [5.41, 5.74) is 1.06. The summed E-state index contributed by atoms with van der Waals surface area (Å²) in [6, 6.07) is 7.35. The van der Waals surface area contributed by atoms with E-state index in [0.717, 1.165) is 44.1 Å². The van der Waals surface area contributed by atoms with Crippen LogP contribution in [0, 0.1) is 12.8 Å². The summed E-state index contributed by atoms with van der Waals surface area (Å²) in [6.07, 6.45) is 9.97. The van der Waals surface area contributed by atoms with Gasteiger partial charge in [-0.3, -0.25) is 4.79 Å². The third-order valence-electron chi connectivity index (χ3n) is 5.87. The Kier molecular flexibility index (Phi) is 6.94. The molecule has 0 N–H and O–H groups in total. The molecule has 1 aliphatic carbocycles. The number of ether oxygens (including phenoxy) is 1. The zero-order chi connectivity index (χ0) is 20.1. The number of fused-ring (bicyclic) bond motifs is 2. The number of hydrogen-bond acceptors (Lipinski definition) is 4. The van der Waals surface area contributed by atoms with Gasteiger partial charge in [0.25, 0.3) is 0 Å². The Labute approximate surface area is 168 Å². The number of esters is 1. The van der Waals surface area contributed by atoms with Gasteiger partial charge in [-0.15, -0.1) is 0 Å². The lowest BCUT2D eigenvalue weighted by Crippen LogP contribution is -2.44. The summed E-state index contributed by atoms with van der Waals surface area (Å²) >= 11 is 0. The van der Waals surface area contributed by atoms with E-state index in [1.807, 2.05) is 26.0 Å². The topological polar surface area (TPSA) is 63.7 Å². The SMILES string of the molecule is CCOC(=O)CCC/C=C/C[C@H]1[C@@H]2CC[C@@H](C2)N1S(=O)(=O)c1ccc(C)cc1. The molecule has 0 spiro atoms. The second-order valence-electron chi connectivity index (χ2n) is 7.85. The highest BCUT2D eigenvalue weighted by molar-refractivity contribution is 7.89. The summed E-state index contributed by atoms with van der Waals surface area (Å²) in [6.45, 7) is 4.19. The molecule has 0 aromatic heterocycles. The Morgan fingerprint density at radius 3 is 2.68 bits per heavy atom. The number of benzene rings is 1. The Hall–Kier alpha value is -1.66. The molecule has 0 unspecified atom stereocenters. The lowest BCUT2D eigenvalue weighted by atomic mass is 9.97. The maximum Gasteiger partial charge on any atom is 0.305 e. The van der Waals surface area contributed by atoms with E-state index >= 15 is 0 Å². The van der Waals surface area contributed by atoms with Crippen LogP contribution in [0.5, 0.6) is 0 Å². The van der Waals surface area contributed by atoms with E-state index in [0.29, 0.717) is 23.8 Å². The van der Waals surface area contributed by atoms with Crippen LogP contribution in [-0.4, -0.2) is 37.4 Å². The lowest BCUT2D eigenvalue weighted by molar-refractivity contribution is -0.143. The molecule has 2 aliphatic rings. The number of aryl methyl sites for hydroxylation is 1. The summed E-state index contributed by atoms with van der Waals surface area (Å²) in [7, 11) is -3.46. The monoisotopic (exact) mass is 405 g/mol. The van der Waals surface area contributed by atoms with Crippen molar-refractivity contribution in [1.29, 1.82) is 0 Å². The molecule has 28 heavy (non-hydrogen) atoms. The molecule has 1 aromatic carbocycles. The van der Waals surface area contributed by atoms with E-state index in [2.05, 4.69) is 12.2 Å². The molecule has 0 amide bonds. The quantitative estimate of drug-likeness (QED) is 0.351. The van der Waals surface area contributed by atoms with Gasteiger partial charge >= 0.3 is 5.97 Å². The van der Waals surface area contributed by atoms with Crippen LogP contribution in [0.15, 0.2) is 41.3 Å². The Balaban J connectivity index is 1.61. The normalized spacial score (nSPS) is 24.9. The van der Waals surface area contributed by atoms with Crippen LogP contribution in [0.4, 0.5) is 0 Å². The van der Waals surface area contributed by atoms with Gasteiger partial charge in [0.1, 0.15) is 0 Å². The van der Waals surface area contributed by atoms with Crippen LogP contribution in [-0.2, 0) is 19.6 Å². The van der Waals surface area contributed by atoms with E-state index in [1.165, 1.54) is 0 Å². The van der Waals surface area contributed by atoms with Crippen molar-refractivity contribution in [3.63, 3.8) is 0 Å². The number of piperidine rings is 1. The molecular weight excluding hydrogens is 374 g/mol. The molecule has 1 aliphatic heterocycles. The number of carbonyl (C=O) groups excluding carboxylic acids is 1. The maximum atomic E-state index is 13.3. The first-order valence-corrected chi connectivity index (χ1v) is 11.8. The molecule has 2 bridgehead atoms. The number of carbonyl (C=O) groups is 1. The van der Waals surface area contributed by atoms with Crippen molar-refractivity contribution < 1.29 is 17.9 Å². The predicted molar refractivity (Wildman–Crippen MR) is 109 cm³/mol. The molecule has 1 saturated carbocycles. The molecule has 2 fully saturated rings. The number of rotatable bonds is 9. The standard InChI is InChI=1S/C22H31NO4S/c1-3-27-22(24)9-7-5-4-6-8-21-18-12-13-19(16-18)23(21)28(25,26)20-14-10-17(2)11-15-20/h4,6,10-11,14-15,18-19,21H,3,5,7-9,12-13,16H2,1-2H3/b6-4+/t18-,19+,21+/m1/s1. The van der Waals surface area contributed by atoms with Crippen molar-refractivity contribution in [2.45, 2.75) is 75.8 Å². The third kappa shape index (κ3) is 4.66. The first-order valence-electron chi connectivity index (χ1n) is 10.3. The fraction of sp³-hybridized carbons (Fsp3) is 0.591. The van der Waals surface area contributed by atoms with Gasteiger partial charge in [0.15, 0.2) is 0 Å². The first-order chi connectivity index (χ1) is 13.4. The largest absolute Gasteiger partial charge is 0.466 e. The highest BCUT2D eigenvalue weighted by Gasteiger charge is 2.50. The Morgan fingerprint density at radius 2 is 1.96 bits per heavy atom. The lowest BCUT2D eigenvalue weighted by Gasteiger charge is -2.33. The van der Waals surface area contributed by atoms with E-state index in [1.54, 1.807) is 16.4 Å². The van der Waals surface area contributed by atoms with Crippen molar-refractivity contribution in [2.24, 2.45) is 5.92 Å². The van der Waals surface area contributed by atoms with Gasteiger partial charge < -0.3 is 4.74 Å². The number of unbranched alkanes of at least 4 members (excludes halogenated alkanes) is 1. The molecule has 0 radical (unpaired) electrons. The molecule has 1 heterocycles. The summed E-state index contributed by atoms with van der Waals surface area (Å²) in [5, 5.41) is 0. The van der Waals surface area contributed by atoms with Crippen LogP contribution >= 0.6 is 0 Å². The van der Waals surface area contributed by atoms with Gasteiger partial charge in [-0.25, -0.2) is 8.42 Å². The fourth-order valence-electron chi connectivity index (χ4n) is 4.50. The zero-order valence-electron chi connectivity index (χ0n) is 16.8. The molecule has 1 saturated heterocycles. The minimum absolute atomic E-state index is 0.0476. The van der Waals surface area contributed by atoms with Crippen LogP contribution in [0.3, 0.4) is 0 Å². The molecule has 3 atom stereocenters. The third-order valence-corrected chi connectivity index (χ3v) is 7.87. The van der Waals surface area contributed by atoms with Crippen LogP contribution in [0.2, 0.25) is 0 Å². The number of sulfonamides is 1. The maximum absolute atomic E-state index is 13.3. The summed E-state index contributed by atoms with van der Waals surface area (Å²) in [4.78, 5) is 11.8. The molecule has 1 aromatic rings. The van der Waals surface area contributed by atoms with E-state index < -0.39 is 10.0 Å². The average Bonchev–Trinajstić information content (AvgIpc) is 3.26. The van der Waals surface area contributed by atoms with Crippen LogP contribution < -0.4 is 0 Å². The summed E-state index contributed by atoms with van der Waals surface area (Å²) < 4.78 is 33.3. The highest BCUT2D eigenvalue weighted by atomic mass is 32.2. The van der Waals surface area contributed by atoms with Gasteiger partial charge in [0.2, 0.25) is 10.0 Å². The van der Waals surface area contributed by atoms with Crippen LogP contribution in [0.1, 0.15) is 57.4 Å². The van der Waals surface area contributed by atoms with Crippen molar-refractivity contribution in [2.75, 3.05) is 6.61 Å². The van der Waals surface area contributed by atoms with Gasteiger partial charge in [-0.05, 0) is 70.4 Å². The van der Waals surface area contributed by atoms with Gasteiger partial charge in [-0.2, -0.15) is 4.31 Å². The molecule has 154 valence electrons. The number of hydrogen-bond donors (Lipinski definition) is 0. The Bertz CT molecular complexity index is 800. The zero-order valence-corrected chi connectivity index (χ0v) is 17.7. The molecule has 6 heteroatoms. The number of allylic oxidation sites excluding steroid dienone is 1. The molecule has 5 nitrogen and oxygen atoms in total. The van der Waals surface area contributed by atoms with Gasteiger partial charge in [0, 0.05) is 18.5 Å². The fourth-order valence-corrected chi connectivity index (χ4v) is 6.43. The number of nitrogens with zero attached hydrogens (tertiary/aromatic N) is 1. The van der Waals surface area contributed by atoms with Crippen LogP contribution in [0.25, 0.3) is 0 Å². The van der Waals surface area contributed by atoms with Crippen molar-refractivity contribution in [1.82, 2.24) is 4.31 Å². The first kappa shape index (κ1) is 21.1. The van der Waals surface area contributed by atoms with Crippen molar-refractivity contribution >= 4 is 16.0 Å². The highest BCUT2D eigenvalue weighted by Crippen LogP contribution is 2.46. The summed E-state index contributed by atoms with van der Waals surface area (Å²) in [5.74, 6) is 0.300.